The molecule has 0 unspecified atom stereocenters. The van der Waals surface area contributed by atoms with Gasteiger partial charge in [-0.05, 0) is 31.0 Å². The Morgan fingerprint density at radius 3 is 2.48 bits per heavy atom. The number of rotatable bonds is 3. The van der Waals surface area contributed by atoms with Crippen LogP contribution in [0.15, 0.2) is 23.1 Å². The van der Waals surface area contributed by atoms with E-state index < -0.39 is 10.0 Å². The zero-order valence-electron chi connectivity index (χ0n) is 11.5. The van der Waals surface area contributed by atoms with Crippen LogP contribution in [-0.4, -0.2) is 38.4 Å². The fourth-order valence-corrected chi connectivity index (χ4v) is 4.35. The second-order valence-electron chi connectivity index (χ2n) is 4.98. The monoisotopic (exact) mass is 350 g/mol. The number of likely N-dealkylation sites (tertiary alicyclic amines) is 1. The lowest BCUT2D eigenvalue weighted by Crippen LogP contribution is -2.45. The summed E-state index contributed by atoms with van der Waals surface area (Å²) in [6, 6.07) is 4.11. The molecule has 2 rings (SSSR count). The SMILES string of the molecule is CC(=O)N1CCC(NS(=O)(=O)c2cc(Cl)ccc2Cl)CC1. The summed E-state index contributed by atoms with van der Waals surface area (Å²) in [5.74, 6) is 0.00851. The van der Waals surface area contributed by atoms with E-state index in [0.29, 0.717) is 31.0 Å². The van der Waals surface area contributed by atoms with E-state index in [1.807, 2.05) is 0 Å². The van der Waals surface area contributed by atoms with E-state index in [9.17, 15) is 13.2 Å². The van der Waals surface area contributed by atoms with Gasteiger partial charge >= 0.3 is 0 Å². The number of sulfonamides is 1. The van der Waals surface area contributed by atoms with Crippen molar-refractivity contribution in [3.05, 3.63) is 28.2 Å². The minimum absolute atomic E-state index is 0.00851. The van der Waals surface area contributed by atoms with Crippen LogP contribution < -0.4 is 4.72 Å². The fourth-order valence-electron chi connectivity index (χ4n) is 2.28. The summed E-state index contributed by atoms with van der Waals surface area (Å²) >= 11 is 11.8. The molecule has 1 saturated heterocycles. The Morgan fingerprint density at radius 1 is 1.29 bits per heavy atom. The molecular weight excluding hydrogens is 335 g/mol. The summed E-state index contributed by atoms with van der Waals surface area (Å²) in [5, 5.41) is 0.444. The lowest BCUT2D eigenvalue weighted by molar-refractivity contribution is -0.129. The molecule has 0 bridgehead atoms. The van der Waals surface area contributed by atoms with E-state index in [1.54, 1.807) is 4.90 Å². The van der Waals surface area contributed by atoms with Gasteiger partial charge < -0.3 is 4.90 Å². The van der Waals surface area contributed by atoms with Crippen molar-refractivity contribution >= 4 is 39.1 Å². The van der Waals surface area contributed by atoms with Crippen molar-refractivity contribution in [3.63, 3.8) is 0 Å². The lowest BCUT2D eigenvalue weighted by Gasteiger charge is -2.31. The van der Waals surface area contributed by atoms with Crippen LogP contribution in [0, 0.1) is 0 Å². The molecule has 1 fully saturated rings. The van der Waals surface area contributed by atoms with Crippen LogP contribution in [0.25, 0.3) is 0 Å². The van der Waals surface area contributed by atoms with Crippen LogP contribution in [0.3, 0.4) is 0 Å². The van der Waals surface area contributed by atoms with Crippen molar-refractivity contribution in [2.45, 2.75) is 30.7 Å². The van der Waals surface area contributed by atoms with Gasteiger partial charge in [0.1, 0.15) is 4.90 Å². The third-order valence-electron chi connectivity index (χ3n) is 3.44. The maximum atomic E-state index is 12.4. The molecule has 1 aromatic carbocycles. The molecule has 0 saturated carbocycles. The number of amides is 1. The molecular formula is C13H16Cl2N2O3S. The van der Waals surface area contributed by atoms with E-state index in [2.05, 4.69) is 4.72 Å². The van der Waals surface area contributed by atoms with E-state index in [4.69, 9.17) is 23.2 Å². The van der Waals surface area contributed by atoms with E-state index >= 15 is 0 Å². The first-order chi connectivity index (χ1) is 9.79. The minimum atomic E-state index is -3.72. The lowest BCUT2D eigenvalue weighted by atomic mass is 10.1. The predicted octanol–water partition coefficient (Wildman–Crippen LogP) is 2.28. The van der Waals surface area contributed by atoms with Crippen molar-refractivity contribution in [3.8, 4) is 0 Å². The standard InChI is InChI=1S/C13H16Cl2N2O3S/c1-9(18)17-6-4-11(5-7-17)16-21(19,20)13-8-10(14)2-3-12(13)15/h2-3,8,11,16H,4-7H2,1H3. The number of benzene rings is 1. The van der Waals surface area contributed by atoms with Gasteiger partial charge in [-0.25, -0.2) is 13.1 Å². The van der Waals surface area contributed by atoms with Gasteiger partial charge in [0.25, 0.3) is 0 Å². The first-order valence-corrected chi connectivity index (χ1v) is 8.76. The van der Waals surface area contributed by atoms with Crippen LogP contribution in [0.1, 0.15) is 19.8 Å². The van der Waals surface area contributed by atoms with Crippen molar-refractivity contribution in [2.24, 2.45) is 0 Å². The Balaban J connectivity index is 2.09. The molecule has 116 valence electrons. The summed E-state index contributed by atoms with van der Waals surface area (Å²) in [4.78, 5) is 12.9. The number of nitrogens with one attached hydrogen (secondary N) is 1. The molecule has 1 N–H and O–H groups in total. The van der Waals surface area contributed by atoms with Crippen molar-refractivity contribution < 1.29 is 13.2 Å². The number of piperidine rings is 1. The van der Waals surface area contributed by atoms with Gasteiger partial charge in [-0.3, -0.25) is 4.79 Å². The topological polar surface area (TPSA) is 66.5 Å². The maximum absolute atomic E-state index is 12.4. The van der Waals surface area contributed by atoms with Crippen molar-refractivity contribution in [2.75, 3.05) is 13.1 Å². The Bertz CT molecular complexity index is 641. The normalized spacial score (nSPS) is 17.0. The molecule has 8 heteroatoms. The largest absolute Gasteiger partial charge is 0.343 e. The molecule has 5 nitrogen and oxygen atoms in total. The molecule has 1 heterocycles. The Morgan fingerprint density at radius 2 is 1.90 bits per heavy atom. The minimum Gasteiger partial charge on any atom is -0.343 e. The van der Waals surface area contributed by atoms with Gasteiger partial charge in [-0.15, -0.1) is 0 Å². The average Bonchev–Trinajstić information content (AvgIpc) is 2.41. The van der Waals surface area contributed by atoms with E-state index in [-0.39, 0.29) is 21.9 Å². The fraction of sp³-hybridized carbons (Fsp3) is 0.462. The number of hydrogen-bond acceptors (Lipinski definition) is 3. The Kier molecular flexibility index (Phi) is 5.14. The zero-order valence-corrected chi connectivity index (χ0v) is 13.8. The van der Waals surface area contributed by atoms with Crippen LogP contribution in [-0.2, 0) is 14.8 Å². The molecule has 1 aliphatic heterocycles. The second-order valence-corrected chi connectivity index (χ2v) is 7.50. The highest BCUT2D eigenvalue weighted by Crippen LogP contribution is 2.25. The Hall–Kier alpha value is -0.820. The summed E-state index contributed by atoms with van der Waals surface area (Å²) in [6.07, 6.45) is 1.16. The number of carbonyl (C=O) groups excluding carboxylic acids is 1. The predicted molar refractivity (Wildman–Crippen MR) is 82.1 cm³/mol. The smallest absolute Gasteiger partial charge is 0.242 e. The van der Waals surface area contributed by atoms with Crippen molar-refractivity contribution in [1.29, 1.82) is 0 Å². The van der Waals surface area contributed by atoms with Gasteiger partial charge in [-0.1, -0.05) is 23.2 Å². The second kappa shape index (κ2) is 6.52. The van der Waals surface area contributed by atoms with Gasteiger partial charge in [-0.2, -0.15) is 0 Å². The number of carbonyl (C=O) groups is 1. The summed E-state index contributed by atoms with van der Waals surface area (Å²) in [6.45, 7) is 2.60. The van der Waals surface area contributed by atoms with Crippen LogP contribution in [0.2, 0.25) is 10.0 Å². The Labute approximate surface area is 134 Å². The molecule has 1 aliphatic rings. The van der Waals surface area contributed by atoms with Crippen molar-refractivity contribution in [1.82, 2.24) is 9.62 Å². The first-order valence-electron chi connectivity index (χ1n) is 6.52. The van der Waals surface area contributed by atoms with Crippen LogP contribution in [0.5, 0.6) is 0 Å². The molecule has 0 atom stereocenters. The molecule has 0 aliphatic carbocycles. The van der Waals surface area contributed by atoms with Gasteiger partial charge in [0.05, 0.1) is 5.02 Å². The third-order valence-corrected chi connectivity index (χ3v) is 5.68. The molecule has 0 radical (unpaired) electrons. The van der Waals surface area contributed by atoms with E-state index in [0.717, 1.165) is 0 Å². The molecule has 0 spiro atoms. The molecule has 21 heavy (non-hydrogen) atoms. The number of hydrogen-bond donors (Lipinski definition) is 1. The summed E-state index contributed by atoms with van der Waals surface area (Å²) in [5.41, 5.74) is 0. The number of nitrogens with zero attached hydrogens (tertiary/aromatic N) is 1. The summed E-state index contributed by atoms with van der Waals surface area (Å²) < 4.78 is 27.3. The highest BCUT2D eigenvalue weighted by Gasteiger charge is 2.26. The quantitative estimate of drug-likeness (QED) is 0.909. The van der Waals surface area contributed by atoms with Gasteiger partial charge in [0.2, 0.25) is 15.9 Å². The highest BCUT2D eigenvalue weighted by molar-refractivity contribution is 7.89. The molecule has 1 aromatic rings. The summed E-state index contributed by atoms with van der Waals surface area (Å²) in [7, 11) is -3.72. The molecule has 1 amide bonds. The first kappa shape index (κ1) is 16.5. The maximum Gasteiger partial charge on any atom is 0.242 e. The van der Waals surface area contributed by atoms with Gasteiger partial charge in [0.15, 0.2) is 0 Å². The number of halogens is 2. The molecule has 0 aromatic heterocycles. The average molecular weight is 351 g/mol. The van der Waals surface area contributed by atoms with E-state index in [1.165, 1.54) is 25.1 Å². The zero-order chi connectivity index (χ0) is 15.6. The highest BCUT2D eigenvalue weighted by atomic mass is 35.5. The van der Waals surface area contributed by atoms with Gasteiger partial charge in [0, 0.05) is 31.1 Å². The van der Waals surface area contributed by atoms with Crippen LogP contribution in [0.4, 0.5) is 0 Å². The third kappa shape index (κ3) is 4.10. The van der Waals surface area contributed by atoms with Crippen LogP contribution >= 0.6 is 23.2 Å².